The van der Waals surface area contributed by atoms with E-state index in [1.807, 2.05) is 16.7 Å². The Morgan fingerprint density at radius 2 is 1.86 bits per heavy atom. The Hall–Kier alpha value is -1.77. The molecule has 0 radical (unpaired) electrons. The number of aliphatic carboxylic acids is 1. The fraction of sp³-hybridized carbons (Fsp3) is 0.600. The van der Waals surface area contributed by atoms with Crippen LogP contribution >= 0.6 is 12.4 Å². The first-order valence-electron chi connectivity index (χ1n) is 9.70. The maximum absolute atomic E-state index is 13.7. The maximum Gasteiger partial charge on any atom is 0.317 e. The average Bonchev–Trinajstić information content (AvgIpc) is 2.63. The molecule has 1 aliphatic heterocycles. The van der Waals surface area contributed by atoms with Crippen molar-refractivity contribution < 1.29 is 23.5 Å². The van der Waals surface area contributed by atoms with Crippen LogP contribution in [0.15, 0.2) is 18.2 Å². The Morgan fingerprint density at radius 3 is 2.38 bits per heavy atom. The average molecular weight is 434 g/mol. The largest absolute Gasteiger partial charge is 0.480 e. The molecule has 2 rings (SSSR count). The van der Waals surface area contributed by atoms with E-state index >= 15 is 0 Å². The molecule has 29 heavy (non-hydrogen) atoms. The van der Waals surface area contributed by atoms with E-state index in [4.69, 9.17) is 5.11 Å². The summed E-state index contributed by atoms with van der Waals surface area (Å²) in [4.78, 5) is 27.2. The highest BCUT2D eigenvalue weighted by molar-refractivity contribution is 5.85. The van der Waals surface area contributed by atoms with Gasteiger partial charge in [0.15, 0.2) is 0 Å². The number of likely N-dealkylation sites (N-methyl/N-ethyl adjacent to an activating group) is 1. The summed E-state index contributed by atoms with van der Waals surface area (Å²) in [6.07, 6.45) is 1.71. The summed E-state index contributed by atoms with van der Waals surface area (Å²) < 4.78 is 27.5. The third kappa shape index (κ3) is 7.87. The molecule has 1 atom stereocenters. The van der Waals surface area contributed by atoms with E-state index in [0.717, 1.165) is 12.8 Å². The minimum absolute atomic E-state index is 0. The molecule has 1 aromatic rings. The zero-order valence-corrected chi connectivity index (χ0v) is 17.7. The monoisotopic (exact) mass is 433 g/mol. The molecule has 164 valence electrons. The van der Waals surface area contributed by atoms with Gasteiger partial charge in [-0.2, -0.15) is 0 Å². The Bertz CT molecular complexity index is 665. The highest BCUT2D eigenvalue weighted by Gasteiger charge is 2.26. The molecule has 9 heteroatoms. The standard InChI is InChI=1S/C20H29F2N3O3.ClH/c1-3-25(13-20(27)28)15-7-9-24(10-8-15)12-19(26)23-14(2)11-16-17(21)5-4-6-18(16)22;/h4-6,14-15H,3,7-13H2,1-2H3,(H,23,26)(H,27,28);1H. The highest BCUT2D eigenvalue weighted by atomic mass is 35.5. The van der Waals surface area contributed by atoms with Gasteiger partial charge in [-0.3, -0.25) is 19.4 Å². The molecule has 1 amide bonds. The molecule has 0 aromatic heterocycles. The molecule has 0 saturated carbocycles. The third-order valence-corrected chi connectivity index (χ3v) is 5.16. The van der Waals surface area contributed by atoms with Crippen LogP contribution < -0.4 is 5.32 Å². The van der Waals surface area contributed by atoms with E-state index in [1.54, 1.807) is 6.92 Å². The summed E-state index contributed by atoms with van der Waals surface area (Å²) in [6, 6.07) is 3.56. The lowest BCUT2D eigenvalue weighted by molar-refractivity contribution is -0.139. The van der Waals surface area contributed by atoms with Crippen LogP contribution in [-0.2, 0) is 16.0 Å². The summed E-state index contributed by atoms with van der Waals surface area (Å²) in [5.74, 6) is -2.22. The number of halogens is 3. The van der Waals surface area contributed by atoms with Gasteiger partial charge in [0.25, 0.3) is 0 Å². The van der Waals surface area contributed by atoms with Crippen LogP contribution in [0.1, 0.15) is 32.3 Å². The summed E-state index contributed by atoms with van der Waals surface area (Å²) in [5, 5.41) is 11.8. The van der Waals surface area contributed by atoms with E-state index in [-0.39, 0.29) is 55.5 Å². The maximum atomic E-state index is 13.7. The van der Waals surface area contributed by atoms with Crippen LogP contribution in [0.4, 0.5) is 8.78 Å². The predicted octanol–water partition coefficient (Wildman–Crippen LogP) is 2.30. The van der Waals surface area contributed by atoms with Gasteiger partial charge in [0, 0.05) is 30.7 Å². The van der Waals surface area contributed by atoms with E-state index in [9.17, 15) is 18.4 Å². The lowest BCUT2D eigenvalue weighted by Gasteiger charge is -2.37. The number of hydrogen-bond donors (Lipinski definition) is 2. The Labute approximate surface area is 176 Å². The van der Waals surface area contributed by atoms with Gasteiger partial charge in [0.05, 0.1) is 13.1 Å². The number of likely N-dealkylation sites (tertiary alicyclic amines) is 1. The second-order valence-corrected chi connectivity index (χ2v) is 7.34. The van der Waals surface area contributed by atoms with Crippen LogP contribution in [0.3, 0.4) is 0 Å². The number of rotatable bonds is 9. The molecular formula is C20H30ClF2N3O3. The summed E-state index contributed by atoms with van der Waals surface area (Å²) >= 11 is 0. The van der Waals surface area contributed by atoms with E-state index < -0.39 is 17.6 Å². The minimum atomic E-state index is -0.830. The fourth-order valence-corrected chi connectivity index (χ4v) is 3.72. The topological polar surface area (TPSA) is 72.9 Å². The molecule has 2 N–H and O–H groups in total. The van der Waals surface area contributed by atoms with Crippen molar-refractivity contribution in [2.75, 3.05) is 32.7 Å². The van der Waals surface area contributed by atoms with Crippen molar-refractivity contribution in [1.29, 1.82) is 0 Å². The number of carbonyl (C=O) groups excluding carboxylic acids is 1. The molecule has 0 aliphatic carbocycles. The number of nitrogens with zero attached hydrogens (tertiary/aromatic N) is 2. The van der Waals surface area contributed by atoms with Gasteiger partial charge in [0.1, 0.15) is 11.6 Å². The van der Waals surface area contributed by atoms with Gasteiger partial charge in [-0.15, -0.1) is 12.4 Å². The quantitative estimate of drug-likeness (QED) is 0.625. The first-order chi connectivity index (χ1) is 13.3. The number of carboxylic acid groups (broad SMARTS) is 1. The smallest absolute Gasteiger partial charge is 0.317 e. The second kappa shape index (κ2) is 12.0. The van der Waals surface area contributed by atoms with Gasteiger partial charge in [0.2, 0.25) is 5.91 Å². The SMILES string of the molecule is CCN(CC(=O)O)C1CCN(CC(=O)NC(C)Cc2c(F)cccc2F)CC1.Cl. The van der Waals surface area contributed by atoms with Crippen LogP contribution in [0, 0.1) is 11.6 Å². The second-order valence-electron chi connectivity index (χ2n) is 7.34. The number of piperidine rings is 1. The molecule has 1 aromatic carbocycles. The number of nitrogens with one attached hydrogen (secondary N) is 1. The first kappa shape index (κ1) is 25.3. The fourth-order valence-electron chi connectivity index (χ4n) is 3.72. The van der Waals surface area contributed by atoms with Crippen LogP contribution in [-0.4, -0.2) is 71.6 Å². The molecule has 1 heterocycles. The zero-order valence-electron chi connectivity index (χ0n) is 16.9. The normalized spacial score (nSPS) is 16.3. The predicted molar refractivity (Wildman–Crippen MR) is 109 cm³/mol. The van der Waals surface area contributed by atoms with Crippen LogP contribution in [0.25, 0.3) is 0 Å². The molecule has 6 nitrogen and oxygen atoms in total. The number of carbonyl (C=O) groups is 2. The number of benzene rings is 1. The lowest BCUT2D eigenvalue weighted by Crippen LogP contribution is -2.49. The molecule has 1 aliphatic rings. The van der Waals surface area contributed by atoms with Crippen molar-refractivity contribution in [3.05, 3.63) is 35.4 Å². The summed E-state index contributed by atoms with van der Waals surface area (Å²) in [7, 11) is 0. The third-order valence-electron chi connectivity index (χ3n) is 5.16. The Morgan fingerprint density at radius 1 is 1.28 bits per heavy atom. The number of hydrogen-bond acceptors (Lipinski definition) is 4. The number of amides is 1. The van der Waals surface area contributed by atoms with Crippen molar-refractivity contribution in [3.8, 4) is 0 Å². The van der Waals surface area contributed by atoms with Gasteiger partial charge < -0.3 is 10.4 Å². The summed E-state index contributed by atoms with van der Waals surface area (Å²) in [5.41, 5.74) is -0.0193. The van der Waals surface area contributed by atoms with Crippen molar-refractivity contribution in [3.63, 3.8) is 0 Å². The molecule has 1 fully saturated rings. The van der Waals surface area contributed by atoms with Crippen molar-refractivity contribution in [2.24, 2.45) is 0 Å². The Kier molecular flexibility index (Phi) is 10.5. The highest BCUT2D eigenvalue weighted by Crippen LogP contribution is 2.17. The molecule has 0 spiro atoms. The molecular weight excluding hydrogens is 404 g/mol. The van der Waals surface area contributed by atoms with Gasteiger partial charge in [-0.1, -0.05) is 13.0 Å². The molecule has 1 unspecified atom stereocenters. The van der Waals surface area contributed by atoms with Gasteiger partial charge in [-0.05, 0) is 44.9 Å². The van der Waals surface area contributed by atoms with Gasteiger partial charge >= 0.3 is 5.97 Å². The molecule has 1 saturated heterocycles. The Balaban J connectivity index is 0.00000420. The van der Waals surface area contributed by atoms with Crippen molar-refractivity contribution in [2.45, 2.75) is 45.2 Å². The van der Waals surface area contributed by atoms with Crippen LogP contribution in [0.5, 0.6) is 0 Å². The first-order valence-corrected chi connectivity index (χ1v) is 9.70. The van der Waals surface area contributed by atoms with E-state index in [2.05, 4.69) is 5.32 Å². The molecule has 0 bridgehead atoms. The number of carboxylic acids is 1. The lowest BCUT2D eigenvalue weighted by atomic mass is 10.0. The van der Waals surface area contributed by atoms with Crippen molar-refractivity contribution >= 4 is 24.3 Å². The minimum Gasteiger partial charge on any atom is -0.480 e. The van der Waals surface area contributed by atoms with Crippen molar-refractivity contribution in [1.82, 2.24) is 15.1 Å². The van der Waals surface area contributed by atoms with E-state index in [1.165, 1.54) is 18.2 Å². The van der Waals surface area contributed by atoms with Gasteiger partial charge in [-0.25, -0.2) is 8.78 Å². The zero-order chi connectivity index (χ0) is 20.7. The van der Waals surface area contributed by atoms with E-state index in [0.29, 0.717) is 19.6 Å². The van der Waals surface area contributed by atoms with Crippen LogP contribution in [0.2, 0.25) is 0 Å². The summed E-state index contributed by atoms with van der Waals surface area (Å²) in [6.45, 7) is 6.04.